The fourth-order valence-corrected chi connectivity index (χ4v) is 3.53. The molecule has 2 N–H and O–H groups in total. The molecule has 2 aromatic heterocycles. The fourth-order valence-electron chi connectivity index (χ4n) is 2.18. The van der Waals surface area contributed by atoms with Crippen molar-refractivity contribution in [1.29, 1.82) is 0 Å². The Morgan fingerprint density at radius 3 is 2.87 bits per heavy atom. The summed E-state index contributed by atoms with van der Waals surface area (Å²) in [4.78, 5) is 31.0. The highest BCUT2D eigenvalue weighted by Gasteiger charge is 2.27. The number of thioether (sulfide) groups is 1. The van der Waals surface area contributed by atoms with E-state index in [1.54, 1.807) is 6.92 Å². The quantitative estimate of drug-likeness (QED) is 0.610. The molecule has 1 saturated carbocycles. The average Bonchev–Trinajstić information content (AvgIpc) is 3.26. The number of rotatable bonds is 6. The molecule has 23 heavy (non-hydrogen) atoms. The Morgan fingerprint density at radius 2 is 2.22 bits per heavy atom. The highest BCUT2D eigenvalue weighted by Crippen LogP contribution is 2.42. The van der Waals surface area contributed by atoms with Crippen molar-refractivity contribution in [3.63, 3.8) is 0 Å². The van der Waals surface area contributed by atoms with E-state index < -0.39 is 0 Å². The van der Waals surface area contributed by atoms with Gasteiger partial charge >= 0.3 is 0 Å². The number of nitrogens with zero attached hydrogens (tertiary/aromatic N) is 3. The molecule has 0 aliphatic heterocycles. The van der Waals surface area contributed by atoms with Crippen molar-refractivity contribution in [1.82, 2.24) is 20.2 Å². The van der Waals surface area contributed by atoms with E-state index in [0.717, 1.165) is 17.8 Å². The van der Waals surface area contributed by atoms with E-state index in [0.29, 0.717) is 33.9 Å². The smallest absolute Gasteiger partial charge is 0.254 e. The molecule has 0 spiro atoms. The Kier molecular flexibility index (Phi) is 4.76. The number of anilines is 1. The van der Waals surface area contributed by atoms with Gasteiger partial charge in [0.25, 0.3) is 5.56 Å². The van der Waals surface area contributed by atoms with E-state index in [2.05, 4.69) is 25.5 Å². The number of nitrogens with one attached hydrogen (secondary N) is 2. The molecule has 0 bridgehead atoms. The van der Waals surface area contributed by atoms with Gasteiger partial charge in [-0.1, -0.05) is 23.1 Å². The third-order valence-corrected chi connectivity index (χ3v) is 5.19. The van der Waals surface area contributed by atoms with Gasteiger partial charge in [0.2, 0.25) is 11.0 Å². The molecule has 0 atom stereocenters. The first-order chi connectivity index (χ1) is 11.1. The molecule has 0 aromatic carbocycles. The Hall–Kier alpha value is -1.74. The van der Waals surface area contributed by atoms with Crippen LogP contribution in [0.15, 0.2) is 9.95 Å². The second-order valence-electron chi connectivity index (χ2n) is 5.41. The minimum atomic E-state index is -0.179. The van der Waals surface area contributed by atoms with Gasteiger partial charge in [-0.3, -0.25) is 9.59 Å². The van der Waals surface area contributed by atoms with Crippen molar-refractivity contribution in [2.45, 2.75) is 43.7 Å². The predicted octanol–water partition coefficient (Wildman–Crippen LogP) is 2.10. The van der Waals surface area contributed by atoms with Crippen LogP contribution >= 0.6 is 23.1 Å². The van der Waals surface area contributed by atoms with Gasteiger partial charge in [-0.2, -0.15) is 0 Å². The SMILES string of the molecule is CSc1nc(C)c(CCC(=O)Nc2nnc(C3CC3)s2)c(=O)[nH]1. The lowest BCUT2D eigenvalue weighted by Gasteiger charge is -2.05. The molecule has 0 radical (unpaired) electrons. The number of amides is 1. The van der Waals surface area contributed by atoms with Gasteiger partial charge in [-0.15, -0.1) is 10.2 Å². The van der Waals surface area contributed by atoms with Crippen molar-refractivity contribution in [2.75, 3.05) is 11.6 Å². The predicted molar refractivity (Wildman–Crippen MR) is 90.2 cm³/mol. The number of aromatic amines is 1. The molecule has 2 aromatic rings. The van der Waals surface area contributed by atoms with Crippen LogP contribution in [0.25, 0.3) is 0 Å². The van der Waals surface area contributed by atoms with E-state index in [9.17, 15) is 9.59 Å². The van der Waals surface area contributed by atoms with Crippen LogP contribution in [0.5, 0.6) is 0 Å². The second-order valence-corrected chi connectivity index (χ2v) is 7.21. The number of hydrogen-bond acceptors (Lipinski definition) is 7. The lowest BCUT2D eigenvalue weighted by atomic mass is 10.1. The number of carbonyl (C=O) groups excluding carboxylic acids is 1. The molecule has 1 aliphatic rings. The molecule has 1 amide bonds. The van der Waals surface area contributed by atoms with Crippen molar-refractivity contribution in [3.05, 3.63) is 26.6 Å². The molecule has 9 heteroatoms. The molecule has 1 fully saturated rings. The van der Waals surface area contributed by atoms with Gasteiger partial charge < -0.3 is 10.3 Å². The van der Waals surface area contributed by atoms with Gasteiger partial charge in [0.15, 0.2) is 5.16 Å². The minimum Gasteiger partial charge on any atom is -0.301 e. The normalized spacial score (nSPS) is 14.0. The molecule has 0 saturated heterocycles. The van der Waals surface area contributed by atoms with E-state index >= 15 is 0 Å². The van der Waals surface area contributed by atoms with E-state index in [4.69, 9.17) is 0 Å². The maximum Gasteiger partial charge on any atom is 0.254 e. The number of H-pyrrole nitrogens is 1. The summed E-state index contributed by atoms with van der Waals surface area (Å²) in [7, 11) is 0. The van der Waals surface area contributed by atoms with Crippen LogP contribution in [0.1, 0.15) is 41.4 Å². The van der Waals surface area contributed by atoms with Crippen LogP contribution < -0.4 is 10.9 Å². The summed E-state index contributed by atoms with van der Waals surface area (Å²) in [5.41, 5.74) is 1.04. The Morgan fingerprint density at radius 1 is 1.43 bits per heavy atom. The molecular formula is C14H17N5O2S2. The van der Waals surface area contributed by atoms with Gasteiger partial charge in [0.05, 0.1) is 0 Å². The van der Waals surface area contributed by atoms with E-state index in [1.807, 2.05) is 6.26 Å². The highest BCUT2D eigenvalue weighted by atomic mass is 32.2. The Balaban J connectivity index is 1.59. The van der Waals surface area contributed by atoms with Crippen LogP contribution in [-0.4, -0.2) is 32.3 Å². The summed E-state index contributed by atoms with van der Waals surface area (Å²) in [6, 6.07) is 0. The number of aryl methyl sites for hydroxylation is 1. The number of hydrogen-bond donors (Lipinski definition) is 2. The third-order valence-electron chi connectivity index (χ3n) is 3.61. The maximum absolute atomic E-state index is 12.0. The lowest BCUT2D eigenvalue weighted by molar-refractivity contribution is -0.116. The van der Waals surface area contributed by atoms with Crippen LogP contribution in [0.2, 0.25) is 0 Å². The van der Waals surface area contributed by atoms with Crippen molar-refractivity contribution in [2.24, 2.45) is 0 Å². The second kappa shape index (κ2) is 6.79. The summed E-state index contributed by atoms with van der Waals surface area (Å²) in [5.74, 6) is 0.358. The van der Waals surface area contributed by atoms with Crippen molar-refractivity contribution < 1.29 is 4.79 Å². The molecule has 1 aliphatic carbocycles. The maximum atomic E-state index is 12.0. The van der Waals surface area contributed by atoms with Gasteiger partial charge in [0, 0.05) is 23.6 Å². The summed E-state index contributed by atoms with van der Waals surface area (Å²) >= 11 is 2.81. The van der Waals surface area contributed by atoms with Crippen LogP contribution in [0.3, 0.4) is 0 Å². The van der Waals surface area contributed by atoms with Gasteiger partial charge in [-0.05, 0) is 32.4 Å². The third kappa shape index (κ3) is 3.97. The summed E-state index contributed by atoms with van der Waals surface area (Å²) in [5, 5.41) is 12.9. The van der Waals surface area contributed by atoms with Crippen molar-refractivity contribution >= 4 is 34.1 Å². The molecule has 3 rings (SSSR count). The minimum absolute atomic E-state index is 0.170. The van der Waals surface area contributed by atoms with E-state index in [1.165, 1.54) is 23.1 Å². The van der Waals surface area contributed by atoms with Crippen LogP contribution in [0, 0.1) is 6.92 Å². The lowest BCUT2D eigenvalue weighted by Crippen LogP contribution is -2.20. The number of aromatic nitrogens is 4. The fraction of sp³-hybridized carbons (Fsp3) is 0.500. The monoisotopic (exact) mass is 351 g/mol. The molecule has 0 unspecified atom stereocenters. The highest BCUT2D eigenvalue weighted by molar-refractivity contribution is 7.98. The van der Waals surface area contributed by atoms with Crippen LogP contribution in [0.4, 0.5) is 5.13 Å². The summed E-state index contributed by atoms with van der Waals surface area (Å²) in [6.45, 7) is 1.79. The zero-order valence-electron chi connectivity index (χ0n) is 12.9. The van der Waals surface area contributed by atoms with Crippen molar-refractivity contribution in [3.8, 4) is 0 Å². The Labute approximate surface area is 141 Å². The standard InChI is InChI=1S/C14H17N5O2S2/c1-7-9(11(21)17-13(15-7)22-2)5-6-10(20)16-14-19-18-12(23-14)8-3-4-8/h8H,3-6H2,1-2H3,(H,15,17,21)(H,16,19,20). The molecule has 2 heterocycles. The first-order valence-electron chi connectivity index (χ1n) is 7.34. The van der Waals surface area contributed by atoms with Gasteiger partial charge in [0.1, 0.15) is 5.01 Å². The zero-order valence-corrected chi connectivity index (χ0v) is 14.5. The van der Waals surface area contributed by atoms with Crippen LogP contribution in [-0.2, 0) is 11.2 Å². The summed E-state index contributed by atoms with van der Waals surface area (Å²) < 4.78 is 0. The van der Waals surface area contributed by atoms with E-state index in [-0.39, 0.29) is 17.9 Å². The topological polar surface area (TPSA) is 101 Å². The Bertz CT molecular complexity index is 782. The molecular weight excluding hydrogens is 334 g/mol. The molecule has 122 valence electrons. The number of carbonyl (C=O) groups is 1. The first kappa shape index (κ1) is 16.1. The summed E-state index contributed by atoms with van der Waals surface area (Å²) in [6.07, 6.45) is 4.72. The average molecular weight is 351 g/mol. The first-order valence-corrected chi connectivity index (χ1v) is 9.38. The molecule has 7 nitrogen and oxygen atoms in total. The largest absolute Gasteiger partial charge is 0.301 e. The zero-order chi connectivity index (χ0) is 16.4. The van der Waals surface area contributed by atoms with Gasteiger partial charge in [-0.25, -0.2) is 4.98 Å².